The molecule has 2 aromatic rings. The molecule has 1 aromatic carbocycles. The molecule has 0 bridgehead atoms. The summed E-state index contributed by atoms with van der Waals surface area (Å²) < 4.78 is 5.64. The van der Waals surface area contributed by atoms with E-state index in [1.54, 1.807) is 43.5 Å². The fraction of sp³-hybridized carbons (Fsp3) is 0.533. The topological polar surface area (TPSA) is 103 Å². The summed E-state index contributed by atoms with van der Waals surface area (Å²) in [5.74, 6) is 1.52. The van der Waals surface area contributed by atoms with Gasteiger partial charge in [0.2, 0.25) is 11.9 Å². The molecule has 2 aliphatic heterocycles. The van der Waals surface area contributed by atoms with Crippen molar-refractivity contribution >= 4 is 35.0 Å². The van der Waals surface area contributed by atoms with Crippen molar-refractivity contribution in [3.05, 3.63) is 42.6 Å². The molecule has 0 radical (unpaired) electrons. The Balaban J connectivity index is 1.40. The fourth-order valence-corrected chi connectivity index (χ4v) is 6.01. The zero-order chi connectivity index (χ0) is 28.4. The highest BCUT2D eigenvalue weighted by atomic mass is 16.5. The largest absolute Gasteiger partial charge is 0.495 e. The minimum absolute atomic E-state index is 0.0238. The van der Waals surface area contributed by atoms with Crippen molar-refractivity contribution in [1.29, 1.82) is 0 Å². The van der Waals surface area contributed by atoms with Crippen molar-refractivity contribution in [3.63, 3.8) is 0 Å². The molecule has 1 aromatic heterocycles. The van der Waals surface area contributed by atoms with E-state index in [4.69, 9.17) is 9.72 Å². The Kier molecular flexibility index (Phi) is 7.98. The van der Waals surface area contributed by atoms with E-state index in [1.807, 2.05) is 13.0 Å². The minimum atomic E-state index is -0.737. The van der Waals surface area contributed by atoms with Crippen molar-refractivity contribution in [3.8, 4) is 5.75 Å². The van der Waals surface area contributed by atoms with Crippen LogP contribution < -0.4 is 25.2 Å². The third-order valence-corrected chi connectivity index (χ3v) is 8.66. The summed E-state index contributed by atoms with van der Waals surface area (Å²) >= 11 is 0. The van der Waals surface area contributed by atoms with Crippen LogP contribution in [0.4, 0.5) is 23.1 Å². The van der Waals surface area contributed by atoms with Gasteiger partial charge in [0.1, 0.15) is 11.4 Å². The Labute approximate surface area is 236 Å². The first kappa shape index (κ1) is 27.9. The predicted molar refractivity (Wildman–Crippen MR) is 158 cm³/mol. The van der Waals surface area contributed by atoms with Crippen molar-refractivity contribution in [2.45, 2.75) is 57.5 Å². The fourth-order valence-electron chi connectivity index (χ4n) is 6.01. The van der Waals surface area contributed by atoms with E-state index in [0.717, 1.165) is 57.4 Å². The molecule has 0 unspecified atom stereocenters. The van der Waals surface area contributed by atoms with E-state index in [-0.39, 0.29) is 17.9 Å². The first-order valence-corrected chi connectivity index (χ1v) is 14.2. The average Bonchev–Trinajstić information content (AvgIpc) is 3.49. The van der Waals surface area contributed by atoms with Crippen LogP contribution in [-0.4, -0.2) is 79.6 Å². The van der Waals surface area contributed by atoms with Gasteiger partial charge in [0.25, 0.3) is 5.91 Å². The van der Waals surface area contributed by atoms with Crippen molar-refractivity contribution in [2.75, 3.05) is 56.0 Å². The van der Waals surface area contributed by atoms with Crippen LogP contribution in [0, 0.1) is 5.41 Å². The number of fused-ring (bicyclic) bond motifs is 1. The van der Waals surface area contributed by atoms with Gasteiger partial charge in [-0.25, -0.2) is 4.98 Å². The molecule has 2 amide bonds. The highest BCUT2D eigenvalue weighted by Gasteiger charge is 2.42. The standard InChI is InChI=1S/C30H41N7O3/c1-6-30(2)19-37(22-9-7-8-10-22)26-24(36(4)28(30)39)18-31-29(34-26)33-23-12-11-20(17-25(23)40-5)27(38)32-21-13-15-35(3)16-14-21/h6,11-12,17-18,21-22H,1,7-10,13-16,19H2,2-5H3,(H,32,38)(H,31,33,34)/t30-/m0/s1. The maximum absolute atomic E-state index is 13.4. The summed E-state index contributed by atoms with van der Waals surface area (Å²) in [6.07, 6.45) is 9.79. The van der Waals surface area contributed by atoms with Crippen molar-refractivity contribution < 1.29 is 14.3 Å². The number of anilines is 4. The van der Waals surface area contributed by atoms with Gasteiger partial charge in [0.05, 0.1) is 24.4 Å². The number of rotatable bonds is 7. The Morgan fingerprint density at radius 1 is 1.18 bits per heavy atom. The zero-order valence-corrected chi connectivity index (χ0v) is 24.1. The number of hydrogen-bond donors (Lipinski definition) is 2. The number of ether oxygens (including phenoxy) is 1. The number of nitrogens with zero attached hydrogens (tertiary/aromatic N) is 5. The maximum atomic E-state index is 13.4. The smallest absolute Gasteiger partial charge is 0.251 e. The van der Waals surface area contributed by atoms with E-state index in [2.05, 4.69) is 39.0 Å². The molecule has 10 nitrogen and oxygen atoms in total. The highest BCUT2D eigenvalue weighted by molar-refractivity contribution is 6.02. The molecule has 214 valence electrons. The van der Waals surface area contributed by atoms with Gasteiger partial charge in [-0.15, -0.1) is 6.58 Å². The zero-order valence-electron chi connectivity index (χ0n) is 24.1. The van der Waals surface area contributed by atoms with Gasteiger partial charge in [-0.2, -0.15) is 4.98 Å². The molecule has 5 rings (SSSR count). The van der Waals surface area contributed by atoms with Crippen molar-refractivity contribution in [1.82, 2.24) is 20.2 Å². The lowest BCUT2D eigenvalue weighted by atomic mass is 9.88. The summed E-state index contributed by atoms with van der Waals surface area (Å²) in [7, 11) is 5.45. The van der Waals surface area contributed by atoms with Crippen LogP contribution in [0.5, 0.6) is 5.75 Å². The Bertz CT molecular complexity index is 1270. The number of hydrogen-bond acceptors (Lipinski definition) is 8. The van der Waals surface area contributed by atoms with Crippen LogP contribution in [0.1, 0.15) is 55.8 Å². The molecule has 10 heteroatoms. The first-order valence-electron chi connectivity index (χ1n) is 14.2. The first-order chi connectivity index (χ1) is 19.2. The molecular formula is C30H41N7O3. The number of benzene rings is 1. The Morgan fingerprint density at radius 2 is 1.90 bits per heavy atom. The number of likely N-dealkylation sites (tertiary alicyclic amines) is 1. The lowest BCUT2D eigenvalue weighted by Crippen LogP contribution is -2.45. The molecule has 2 N–H and O–H groups in total. The third-order valence-electron chi connectivity index (χ3n) is 8.66. The van der Waals surface area contributed by atoms with Gasteiger partial charge < -0.3 is 30.1 Å². The lowest BCUT2D eigenvalue weighted by Gasteiger charge is -2.34. The Hall–Kier alpha value is -3.66. The van der Waals surface area contributed by atoms with E-state index in [9.17, 15) is 9.59 Å². The molecule has 1 atom stereocenters. The molecule has 40 heavy (non-hydrogen) atoms. The quantitative estimate of drug-likeness (QED) is 0.502. The van der Waals surface area contributed by atoms with Crippen LogP contribution in [0.3, 0.4) is 0 Å². The van der Waals surface area contributed by atoms with Crippen molar-refractivity contribution in [2.24, 2.45) is 5.41 Å². The van der Waals surface area contributed by atoms with E-state index in [1.165, 1.54) is 0 Å². The summed E-state index contributed by atoms with van der Waals surface area (Å²) in [6.45, 7) is 8.40. The second kappa shape index (κ2) is 11.4. The number of carbonyl (C=O) groups excluding carboxylic acids is 2. The number of amides is 2. The molecule has 1 aliphatic carbocycles. The van der Waals surface area contributed by atoms with Crippen LogP contribution in [0.2, 0.25) is 0 Å². The lowest BCUT2D eigenvalue weighted by molar-refractivity contribution is -0.124. The van der Waals surface area contributed by atoms with Crippen LogP contribution >= 0.6 is 0 Å². The molecule has 3 heterocycles. The average molecular weight is 548 g/mol. The Morgan fingerprint density at radius 3 is 2.58 bits per heavy atom. The summed E-state index contributed by atoms with van der Waals surface area (Å²) in [5.41, 5.74) is 1.14. The monoisotopic (exact) mass is 547 g/mol. The number of piperidine rings is 1. The van der Waals surface area contributed by atoms with Crippen LogP contribution in [-0.2, 0) is 4.79 Å². The normalized spacial score (nSPS) is 22.6. The second-order valence-corrected chi connectivity index (χ2v) is 11.5. The molecular weight excluding hydrogens is 506 g/mol. The minimum Gasteiger partial charge on any atom is -0.495 e. The predicted octanol–water partition coefficient (Wildman–Crippen LogP) is 3.97. The number of carbonyl (C=O) groups is 2. The number of methoxy groups -OCH3 is 1. The van der Waals surface area contributed by atoms with Gasteiger partial charge in [-0.05, 0) is 70.9 Å². The van der Waals surface area contributed by atoms with Gasteiger partial charge in [-0.3, -0.25) is 9.59 Å². The van der Waals surface area contributed by atoms with Crippen LogP contribution in [0.15, 0.2) is 37.1 Å². The van der Waals surface area contributed by atoms with E-state index >= 15 is 0 Å². The van der Waals surface area contributed by atoms with E-state index < -0.39 is 5.41 Å². The van der Waals surface area contributed by atoms with Gasteiger partial charge in [0, 0.05) is 31.2 Å². The summed E-state index contributed by atoms with van der Waals surface area (Å²) in [6, 6.07) is 5.82. The maximum Gasteiger partial charge on any atom is 0.251 e. The van der Waals surface area contributed by atoms with E-state index in [0.29, 0.717) is 41.2 Å². The highest BCUT2D eigenvalue weighted by Crippen LogP contribution is 2.41. The molecule has 0 spiro atoms. The second-order valence-electron chi connectivity index (χ2n) is 11.5. The molecule has 2 fully saturated rings. The summed E-state index contributed by atoms with van der Waals surface area (Å²) in [5, 5.41) is 6.44. The van der Waals surface area contributed by atoms with Gasteiger partial charge in [-0.1, -0.05) is 18.9 Å². The molecule has 1 saturated carbocycles. The SMILES string of the molecule is C=C[C@@]1(C)CN(C2CCCC2)c2nc(Nc3ccc(C(=O)NC4CCN(C)CC4)cc3OC)ncc2N(C)C1=O. The third kappa shape index (κ3) is 5.50. The van der Waals surface area contributed by atoms with Gasteiger partial charge >= 0.3 is 0 Å². The van der Waals surface area contributed by atoms with Crippen LogP contribution in [0.25, 0.3) is 0 Å². The number of nitrogens with one attached hydrogen (secondary N) is 2. The molecule has 3 aliphatic rings. The molecule has 1 saturated heterocycles. The number of aromatic nitrogens is 2. The van der Waals surface area contributed by atoms with Gasteiger partial charge in [0.15, 0.2) is 5.82 Å². The summed E-state index contributed by atoms with van der Waals surface area (Å²) in [4.78, 5) is 42.0.